The smallest absolute Gasteiger partial charge is 0.330 e. The maximum absolute atomic E-state index is 12.5. The number of ether oxygens (including phenoxy) is 1. The van der Waals surface area contributed by atoms with E-state index in [0.717, 1.165) is 19.3 Å². The predicted molar refractivity (Wildman–Crippen MR) is 51.9 cm³/mol. The summed E-state index contributed by atoms with van der Waals surface area (Å²) >= 11 is 4.10. The molecule has 0 atom stereocenters. The lowest BCUT2D eigenvalue weighted by atomic mass is 9.71. The molecule has 1 saturated carbocycles. The van der Waals surface area contributed by atoms with E-state index >= 15 is 0 Å². The minimum Gasteiger partial charge on any atom is -0.374 e. The lowest BCUT2D eigenvalue weighted by Crippen LogP contribution is -2.39. The topological polar surface area (TPSA) is 9.23 Å². The summed E-state index contributed by atoms with van der Waals surface area (Å²) in [6, 6.07) is 0. The van der Waals surface area contributed by atoms with Gasteiger partial charge in [0.1, 0.15) is 6.61 Å². The van der Waals surface area contributed by atoms with Gasteiger partial charge in [-0.2, -0.15) is 21.4 Å². The summed E-state index contributed by atoms with van der Waals surface area (Å²) in [5, 5.41) is 0. The molecule has 1 aliphatic rings. The van der Waals surface area contributed by atoms with Crippen molar-refractivity contribution in [3.63, 3.8) is 0 Å². The highest BCUT2D eigenvalue weighted by molar-refractivity contribution is 7.80. The van der Waals surface area contributed by atoms with E-state index in [1.807, 2.05) is 0 Å². The predicted octanol–water partition coefficient (Wildman–Crippen LogP) is 3.00. The third kappa shape index (κ3) is 3.24. The summed E-state index contributed by atoms with van der Waals surface area (Å²) in [6.07, 6.45) is -0.895. The Morgan fingerprint density at radius 3 is 2.27 bits per heavy atom. The molecule has 0 radical (unpaired) electrons. The molecule has 6 heteroatoms. The van der Waals surface area contributed by atoms with Gasteiger partial charge in [0.15, 0.2) is 0 Å². The van der Waals surface area contributed by atoms with E-state index in [2.05, 4.69) is 17.4 Å². The zero-order valence-corrected chi connectivity index (χ0v) is 9.08. The highest BCUT2D eigenvalue weighted by atomic mass is 32.1. The highest BCUT2D eigenvalue weighted by Gasteiger charge is 2.42. The number of hydrogen-bond donors (Lipinski definition) is 1. The molecule has 0 aromatic carbocycles. The van der Waals surface area contributed by atoms with Crippen LogP contribution in [0.15, 0.2) is 0 Å². The zero-order valence-electron chi connectivity index (χ0n) is 8.19. The maximum Gasteiger partial charge on any atom is 0.330 e. The third-order valence-corrected chi connectivity index (χ3v) is 3.44. The molecule has 0 heterocycles. The summed E-state index contributed by atoms with van der Waals surface area (Å²) in [5.41, 5.74) is -0.165. The SMILES string of the molecule is FC(F)C(F)(F)COCC1(CS)CCC1. The second-order valence-corrected chi connectivity index (χ2v) is 4.38. The van der Waals surface area contributed by atoms with Crippen LogP contribution in [0.3, 0.4) is 0 Å². The second-order valence-electron chi connectivity index (χ2n) is 4.07. The Kier molecular flexibility index (Phi) is 4.29. The van der Waals surface area contributed by atoms with Crippen molar-refractivity contribution < 1.29 is 22.3 Å². The van der Waals surface area contributed by atoms with Crippen LogP contribution in [-0.2, 0) is 4.74 Å². The van der Waals surface area contributed by atoms with Gasteiger partial charge in [0.05, 0.1) is 6.61 Å². The summed E-state index contributed by atoms with van der Waals surface area (Å²) in [7, 11) is 0. The molecule has 1 rings (SSSR count). The Morgan fingerprint density at radius 1 is 1.33 bits per heavy atom. The standard InChI is InChI=1S/C9H14F4OS/c10-7(11)9(12,13)5-14-4-8(6-15)2-1-3-8/h7,15H,1-6H2. The van der Waals surface area contributed by atoms with E-state index in [4.69, 9.17) is 0 Å². The molecular formula is C9H14F4OS. The molecule has 1 nitrogen and oxygen atoms in total. The van der Waals surface area contributed by atoms with Crippen molar-refractivity contribution in [2.45, 2.75) is 31.6 Å². The fourth-order valence-corrected chi connectivity index (χ4v) is 1.90. The maximum atomic E-state index is 12.5. The first-order valence-electron chi connectivity index (χ1n) is 4.76. The van der Waals surface area contributed by atoms with Gasteiger partial charge in [0.25, 0.3) is 0 Å². The van der Waals surface area contributed by atoms with Gasteiger partial charge in [-0.05, 0) is 18.6 Å². The highest BCUT2D eigenvalue weighted by Crippen LogP contribution is 2.42. The first-order chi connectivity index (χ1) is 6.92. The van der Waals surface area contributed by atoms with Crippen molar-refractivity contribution in [3.05, 3.63) is 0 Å². The lowest BCUT2D eigenvalue weighted by Gasteiger charge is -2.40. The fourth-order valence-electron chi connectivity index (χ4n) is 1.49. The molecule has 1 aliphatic carbocycles. The quantitative estimate of drug-likeness (QED) is 0.560. The molecule has 0 spiro atoms. The Morgan fingerprint density at radius 2 is 1.93 bits per heavy atom. The van der Waals surface area contributed by atoms with Crippen molar-refractivity contribution in [1.82, 2.24) is 0 Å². The zero-order chi connectivity index (χ0) is 11.5. The molecule has 15 heavy (non-hydrogen) atoms. The van der Waals surface area contributed by atoms with E-state index in [1.165, 1.54) is 0 Å². The Bertz CT molecular complexity index is 199. The normalized spacial score (nSPS) is 20.4. The molecule has 0 N–H and O–H groups in total. The number of thiol groups is 1. The molecule has 0 bridgehead atoms. The molecule has 0 unspecified atom stereocenters. The van der Waals surface area contributed by atoms with Gasteiger partial charge < -0.3 is 4.74 Å². The van der Waals surface area contributed by atoms with Crippen LogP contribution in [0.1, 0.15) is 19.3 Å². The van der Waals surface area contributed by atoms with Crippen molar-refractivity contribution >= 4 is 12.6 Å². The molecule has 1 fully saturated rings. The number of rotatable bonds is 6. The number of hydrogen-bond acceptors (Lipinski definition) is 2. The van der Waals surface area contributed by atoms with E-state index in [9.17, 15) is 17.6 Å². The Hall–Kier alpha value is 0.0300. The molecule has 0 aromatic heterocycles. The summed E-state index contributed by atoms with van der Waals surface area (Å²) in [6.45, 7) is -1.11. The fraction of sp³-hybridized carbons (Fsp3) is 1.00. The average molecular weight is 246 g/mol. The van der Waals surface area contributed by atoms with Gasteiger partial charge in [-0.3, -0.25) is 0 Å². The van der Waals surface area contributed by atoms with Crippen LogP contribution in [0.2, 0.25) is 0 Å². The largest absolute Gasteiger partial charge is 0.374 e. The van der Waals surface area contributed by atoms with Gasteiger partial charge in [-0.15, -0.1) is 0 Å². The van der Waals surface area contributed by atoms with E-state index in [-0.39, 0.29) is 12.0 Å². The van der Waals surface area contributed by atoms with Gasteiger partial charge in [-0.1, -0.05) is 6.42 Å². The Balaban J connectivity index is 2.26. The van der Waals surface area contributed by atoms with E-state index < -0.39 is 19.0 Å². The third-order valence-electron chi connectivity index (χ3n) is 2.77. The molecule has 0 saturated heterocycles. The molecular weight excluding hydrogens is 232 g/mol. The van der Waals surface area contributed by atoms with Gasteiger partial charge >= 0.3 is 12.3 Å². The summed E-state index contributed by atoms with van der Waals surface area (Å²) < 4.78 is 53.1. The minimum absolute atomic E-state index is 0.0960. The number of alkyl halides is 4. The van der Waals surface area contributed by atoms with Crippen LogP contribution in [0, 0.1) is 5.41 Å². The van der Waals surface area contributed by atoms with Crippen LogP contribution in [0.5, 0.6) is 0 Å². The monoisotopic (exact) mass is 246 g/mol. The van der Waals surface area contributed by atoms with Crippen LogP contribution in [-0.4, -0.2) is 31.3 Å². The summed E-state index contributed by atoms with van der Waals surface area (Å²) in [4.78, 5) is 0. The first kappa shape index (κ1) is 13.1. The van der Waals surface area contributed by atoms with Crippen LogP contribution in [0.4, 0.5) is 17.6 Å². The van der Waals surface area contributed by atoms with Crippen molar-refractivity contribution in [2.24, 2.45) is 5.41 Å². The average Bonchev–Trinajstić information content (AvgIpc) is 2.09. The van der Waals surface area contributed by atoms with E-state index in [0.29, 0.717) is 5.75 Å². The van der Waals surface area contributed by atoms with Gasteiger partial charge in [0, 0.05) is 5.41 Å². The molecule has 90 valence electrons. The molecule has 0 amide bonds. The van der Waals surface area contributed by atoms with Gasteiger partial charge in [-0.25, -0.2) is 8.78 Å². The van der Waals surface area contributed by atoms with E-state index in [1.54, 1.807) is 0 Å². The second kappa shape index (κ2) is 4.91. The Labute approximate surface area is 91.6 Å². The molecule has 0 aromatic rings. The van der Waals surface area contributed by atoms with Crippen LogP contribution >= 0.6 is 12.6 Å². The summed E-state index contributed by atoms with van der Waals surface area (Å²) in [5.74, 6) is -3.49. The molecule has 0 aliphatic heterocycles. The minimum atomic E-state index is -4.04. The van der Waals surface area contributed by atoms with Crippen molar-refractivity contribution in [3.8, 4) is 0 Å². The van der Waals surface area contributed by atoms with Crippen LogP contribution < -0.4 is 0 Å². The number of halogens is 4. The van der Waals surface area contributed by atoms with Crippen LogP contribution in [0.25, 0.3) is 0 Å². The van der Waals surface area contributed by atoms with Gasteiger partial charge in [0.2, 0.25) is 0 Å². The van der Waals surface area contributed by atoms with Crippen molar-refractivity contribution in [2.75, 3.05) is 19.0 Å². The lowest BCUT2D eigenvalue weighted by molar-refractivity contribution is -0.174. The van der Waals surface area contributed by atoms with Crippen molar-refractivity contribution in [1.29, 1.82) is 0 Å². The first-order valence-corrected chi connectivity index (χ1v) is 5.40.